The van der Waals surface area contributed by atoms with Crippen LogP contribution in [0.1, 0.15) is 31.2 Å². The van der Waals surface area contributed by atoms with E-state index in [1.807, 2.05) is 0 Å². The first-order valence-electron chi connectivity index (χ1n) is 7.03. The summed E-state index contributed by atoms with van der Waals surface area (Å²) >= 11 is 0. The van der Waals surface area contributed by atoms with Crippen LogP contribution in [-0.4, -0.2) is 26.2 Å². The Morgan fingerprint density at radius 3 is 2.76 bits per heavy atom. The quantitative estimate of drug-likeness (QED) is 0.735. The molecular formula is C14H21FN2O3S. The number of benzene rings is 1. The molecule has 0 saturated heterocycles. The van der Waals surface area contributed by atoms with Crippen LogP contribution in [-0.2, 0) is 10.0 Å². The topological polar surface area (TPSA) is 92.4 Å². The van der Waals surface area contributed by atoms with Gasteiger partial charge in [0.25, 0.3) is 0 Å². The van der Waals surface area contributed by atoms with Gasteiger partial charge < -0.3 is 10.8 Å². The first kappa shape index (κ1) is 16.2. The minimum Gasteiger partial charge on any atom is -0.396 e. The van der Waals surface area contributed by atoms with Gasteiger partial charge in [-0.2, -0.15) is 0 Å². The molecule has 21 heavy (non-hydrogen) atoms. The summed E-state index contributed by atoms with van der Waals surface area (Å²) in [5, 5.41) is 9.59. The van der Waals surface area contributed by atoms with Crippen LogP contribution in [0, 0.1) is 18.7 Å². The number of aliphatic hydroxyl groups is 1. The van der Waals surface area contributed by atoms with Crippen LogP contribution in [0.5, 0.6) is 0 Å². The SMILES string of the molecule is Cc1cc(S(=O)(=O)NCC2CCCC(O)C2)cc(N)c1F. The monoisotopic (exact) mass is 316 g/mol. The lowest BCUT2D eigenvalue weighted by molar-refractivity contribution is 0.102. The van der Waals surface area contributed by atoms with E-state index < -0.39 is 15.8 Å². The Hall–Kier alpha value is -1.18. The predicted octanol–water partition coefficient (Wildman–Crippen LogP) is 1.55. The molecule has 0 heterocycles. The van der Waals surface area contributed by atoms with Gasteiger partial charge in [0.05, 0.1) is 16.7 Å². The lowest BCUT2D eigenvalue weighted by atomic mass is 9.87. The maximum absolute atomic E-state index is 13.5. The molecule has 5 nitrogen and oxygen atoms in total. The van der Waals surface area contributed by atoms with Gasteiger partial charge >= 0.3 is 0 Å². The van der Waals surface area contributed by atoms with E-state index in [0.29, 0.717) is 6.42 Å². The van der Waals surface area contributed by atoms with Crippen molar-refractivity contribution >= 4 is 15.7 Å². The summed E-state index contributed by atoms with van der Waals surface area (Å²) in [6, 6.07) is 2.39. The third-order valence-electron chi connectivity index (χ3n) is 3.88. The molecule has 0 aliphatic heterocycles. The van der Waals surface area contributed by atoms with E-state index in [9.17, 15) is 17.9 Å². The van der Waals surface area contributed by atoms with E-state index >= 15 is 0 Å². The molecule has 4 N–H and O–H groups in total. The number of sulfonamides is 1. The Kier molecular flexibility index (Phi) is 4.85. The molecule has 1 aliphatic rings. The summed E-state index contributed by atoms with van der Waals surface area (Å²) in [6.45, 7) is 1.75. The fourth-order valence-corrected chi connectivity index (χ4v) is 3.91. The average molecular weight is 316 g/mol. The maximum atomic E-state index is 13.5. The first-order valence-corrected chi connectivity index (χ1v) is 8.51. The zero-order chi connectivity index (χ0) is 15.6. The second-order valence-electron chi connectivity index (χ2n) is 5.68. The summed E-state index contributed by atoms with van der Waals surface area (Å²) in [7, 11) is -3.72. The third-order valence-corrected chi connectivity index (χ3v) is 5.29. The maximum Gasteiger partial charge on any atom is 0.240 e. The normalized spacial score (nSPS) is 23.2. The third kappa shape index (κ3) is 3.93. The molecule has 2 unspecified atom stereocenters. The highest BCUT2D eigenvalue weighted by Crippen LogP contribution is 2.25. The van der Waals surface area contributed by atoms with Gasteiger partial charge in [-0.25, -0.2) is 17.5 Å². The Bertz CT molecular complexity index is 596. The van der Waals surface area contributed by atoms with E-state index in [1.54, 1.807) is 0 Å². The lowest BCUT2D eigenvalue weighted by Gasteiger charge is -2.25. The number of aryl methyl sites for hydroxylation is 1. The van der Waals surface area contributed by atoms with Crippen LogP contribution < -0.4 is 10.5 Å². The van der Waals surface area contributed by atoms with E-state index in [-0.39, 0.29) is 34.7 Å². The zero-order valence-corrected chi connectivity index (χ0v) is 12.8. The number of anilines is 1. The van der Waals surface area contributed by atoms with Gasteiger partial charge in [-0.3, -0.25) is 0 Å². The number of aliphatic hydroxyl groups excluding tert-OH is 1. The highest BCUT2D eigenvalue weighted by atomic mass is 32.2. The summed E-state index contributed by atoms with van der Waals surface area (Å²) in [6.07, 6.45) is 2.82. The molecule has 1 aromatic rings. The summed E-state index contributed by atoms with van der Waals surface area (Å²) < 4.78 is 40.4. The van der Waals surface area contributed by atoms with Crippen LogP contribution in [0.25, 0.3) is 0 Å². The largest absolute Gasteiger partial charge is 0.396 e. The Morgan fingerprint density at radius 1 is 1.43 bits per heavy atom. The molecular weight excluding hydrogens is 295 g/mol. The Labute approximate surface area is 124 Å². The van der Waals surface area contributed by atoms with Crippen molar-refractivity contribution in [3.63, 3.8) is 0 Å². The second kappa shape index (κ2) is 6.29. The van der Waals surface area contributed by atoms with Crippen LogP contribution in [0.3, 0.4) is 0 Å². The summed E-state index contributed by atoms with van der Waals surface area (Å²) in [5.74, 6) is -0.466. The lowest BCUT2D eigenvalue weighted by Crippen LogP contribution is -2.33. The van der Waals surface area contributed by atoms with Crippen LogP contribution in [0.4, 0.5) is 10.1 Å². The van der Waals surface area contributed by atoms with Crippen LogP contribution in [0.15, 0.2) is 17.0 Å². The molecule has 1 aliphatic carbocycles. The van der Waals surface area contributed by atoms with Crippen molar-refractivity contribution in [2.75, 3.05) is 12.3 Å². The van der Waals surface area contributed by atoms with Gasteiger partial charge in [-0.05, 0) is 49.8 Å². The fourth-order valence-electron chi connectivity index (χ4n) is 2.68. The van der Waals surface area contributed by atoms with Crippen molar-refractivity contribution in [2.45, 2.75) is 43.6 Å². The van der Waals surface area contributed by atoms with E-state index in [2.05, 4.69) is 4.72 Å². The van der Waals surface area contributed by atoms with Gasteiger partial charge in [0.2, 0.25) is 10.0 Å². The van der Waals surface area contributed by atoms with Crippen LogP contribution >= 0.6 is 0 Å². The highest BCUT2D eigenvalue weighted by molar-refractivity contribution is 7.89. The molecule has 2 atom stereocenters. The summed E-state index contributed by atoms with van der Waals surface area (Å²) in [4.78, 5) is -0.0322. The Balaban J connectivity index is 2.08. The number of halogens is 1. The average Bonchev–Trinajstić information content (AvgIpc) is 2.42. The van der Waals surface area contributed by atoms with Gasteiger partial charge in [0.15, 0.2) is 0 Å². The van der Waals surface area contributed by atoms with Crippen molar-refractivity contribution in [3.05, 3.63) is 23.5 Å². The van der Waals surface area contributed by atoms with Crippen molar-refractivity contribution < 1.29 is 17.9 Å². The number of nitrogens with two attached hydrogens (primary N) is 1. The fraction of sp³-hybridized carbons (Fsp3) is 0.571. The number of rotatable bonds is 4. The number of hydrogen-bond acceptors (Lipinski definition) is 4. The van der Waals surface area contributed by atoms with Gasteiger partial charge in [0.1, 0.15) is 5.82 Å². The molecule has 1 saturated carbocycles. The zero-order valence-electron chi connectivity index (χ0n) is 12.0. The van der Waals surface area contributed by atoms with E-state index in [1.165, 1.54) is 13.0 Å². The molecule has 1 aromatic carbocycles. The van der Waals surface area contributed by atoms with Gasteiger partial charge in [-0.1, -0.05) is 6.42 Å². The molecule has 0 bridgehead atoms. The molecule has 1 fully saturated rings. The molecule has 2 rings (SSSR count). The number of nitrogen functional groups attached to an aromatic ring is 1. The first-order chi connectivity index (χ1) is 9.79. The molecule has 0 radical (unpaired) electrons. The van der Waals surface area contributed by atoms with E-state index in [4.69, 9.17) is 5.73 Å². The molecule has 7 heteroatoms. The van der Waals surface area contributed by atoms with Crippen molar-refractivity contribution in [1.82, 2.24) is 4.72 Å². The van der Waals surface area contributed by atoms with Gasteiger partial charge in [-0.15, -0.1) is 0 Å². The molecule has 0 spiro atoms. The second-order valence-corrected chi connectivity index (χ2v) is 7.45. The Morgan fingerprint density at radius 2 is 2.14 bits per heavy atom. The standard InChI is InChI=1S/C14H21FN2O3S/c1-9-5-12(7-13(16)14(9)15)21(19,20)17-8-10-3-2-4-11(18)6-10/h5,7,10-11,17-18H,2-4,6,8,16H2,1H3. The predicted molar refractivity (Wildman–Crippen MR) is 78.7 cm³/mol. The smallest absolute Gasteiger partial charge is 0.240 e. The molecule has 0 aromatic heterocycles. The highest BCUT2D eigenvalue weighted by Gasteiger charge is 2.23. The number of nitrogens with one attached hydrogen (secondary N) is 1. The van der Waals surface area contributed by atoms with Crippen molar-refractivity contribution in [1.29, 1.82) is 0 Å². The van der Waals surface area contributed by atoms with Crippen LogP contribution in [0.2, 0.25) is 0 Å². The minimum absolute atomic E-state index is 0.0322. The minimum atomic E-state index is -3.72. The number of hydrogen-bond donors (Lipinski definition) is 3. The summed E-state index contributed by atoms with van der Waals surface area (Å²) in [5.41, 5.74) is 5.50. The van der Waals surface area contributed by atoms with E-state index in [0.717, 1.165) is 25.3 Å². The van der Waals surface area contributed by atoms with Crippen molar-refractivity contribution in [2.24, 2.45) is 5.92 Å². The molecule has 0 amide bonds. The van der Waals surface area contributed by atoms with Crippen molar-refractivity contribution in [3.8, 4) is 0 Å². The van der Waals surface area contributed by atoms with Gasteiger partial charge in [0, 0.05) is 6.54 Å². The molecule has 118 valence electrons.